The summed E-state index contributed by atoms with van der Waals surface area (Å²) >= 11 is 0. The quantitative estimate of drug-likeness (QED) is 0.727. The number of rotatable bonds is 3. The van der Waals surface area contributed by atoms with Crippen molar-refractivity contribution in [1.82, 2.24) is 5.32 Å². The Morgan fingerprint density at radius 2 is 1.64 bits per heavy atom. The highest BCUT2D eigenvalue weighted by Gasteiger charge is 2.31. The van der Waals surface area contributed by atoms with Crippen molar-refractivity contribution >= 4 is 0 Å². The van der Waals surface area contributed by atoms with Crippen LogP contribution in [-0.2, 0) is 0 Å². The van der Waals surface area contributed by atoms with Gasteiger partial charge in [0.05, 0.1) is 5.60 Å². The van der Waals surface area contributed by atoms with Crippen LogP contribution in [0.4, 0.5) is 0 Å². The molecule has 2 rings (SSSR count). The van der Waals surface area contributed by atoms with Gasteiger partial charge in [-0.05, 0) is 25.7 Å². The Morgan fingerprint density at radius 1 is 1.00 bits per heavy atom. The van der Waals surface area contributed by atoms with Crippen LogP contribution >= 0.6 is 0 Å². The van der Waals surface area contributed by atoms with Crippen LogP contribution < -0.4 is 5.32 Å². The molecule has 0 saturated heterocycles. The fraction of sp³-hybridized carbons (Fsp3) is 1.00. The molecule has 2 nitrogen and oxygen atoms in total. The molecule has 2 aliphatic carbocycles. The first kappa shape index (κ1) is 10.4. The number of aliphatic hydroxyl groups is 1. The number of hydrogen-bond donors (Lipinski definition) is 2. The van der Waals surface area contributed by atoms with Gasteiger partial charge in [0.15, 0.2) is 0 Å². The molecule has 0 aliphatic heterocycles. The van der Waals surface area contributed by atoms with Gasteiger partial charge in [0.25, 0.3) is 0 Å². The van der Waals surface area contributed by atoms with Gasteiger partial charge in [-0.2, -0.15) is 0 Å². The van der Waals surface area contributed by atoms with Gasteiger partial charge in [-0.15, -0.1) is 0 Å². The molecule has 0 radical (unpaired) electrons. The fourth-order valence-corrected chi connectivity index (χ4v) is 2.85. The van der Waals surface area contributed by atoms with Crippen LogP contribution in [0.25, 0.3) is 0 Å². The summed E-state index contributed by atoms with van der Waals surface area (Å²) in [5, 5.41) is 13.7. The Hall–Kier alpha value is -0.0800. The zero-order chi connectivity index (χ0) is 9.86. The van der Waals surface area contributed by atoms with Crippen LogP contribution in [0.2, 0.25) is 0 Å². The van der Waals surface area contributed by atoms with Gasteiger partial charge in [-0.3, -0.25) is 0 Å². The van der Waals surface area contributed by atoms with Crippen LogP contribution in [0, 0.1) is 0 Å². The highest BCUT2D eigenvalue weighted by atomic mass is 16.3. The second-order valence-electron chi connectivity index (χ2n) is 5.15. The van der Waals surface area contributed by atoms with Gasteiger partial charge in [-0.1, -0.05) is 32.1 Å². The van der Waals surface area contributed by atoms with Crippen LogP contribution in [0.15, 0.2) is 0 Å². The largest absolute Gasteiger partial charge is 0.389 e. The Morgan fingerprint density at radius 3 is 2.29 bits per heavy atom. The molecule has 2 N–H and O–H groups in total. The SMILES string of the molecule is OC1(CNC2CCCCC2)CCCC1. The minimum absolute atomic E-state index is 0.364. The molecule has 2 heteroatoms. The van der Waals surface area contributed by atoms with Crippen molar-refractivity contribution in [3.63, 3.8) is 0 Å². The standard InChI is InChI=1S/C12H23NO/c14-12(8-4-5-9-12)10-13-11-6-2-1-3-7-11/h11,13-14H,1-10H2. The summed E-state index contributed by atoms with van der Waals surface area (Å²) in [5.41, 5.74) is -0.364. The molecular weight excluding hydrogens is 174 g/mol. The maximum Gasteiger partial charge on any atom is 0.0771 e. The minimum Gasteiger partial charge on any atom is -0.389 e. The third-order valence-electron chi connectivity index (χ3n) is 3.86. The lowest BCUT2D eigenvalue weighted by molar-refractivity contribution is 0.0434. The summed E-state index contributed by atoms with van der Waals surface area (Å²) in [4.78, 5) is 0. The van der Waals surface area contributed by atoms with Gasteiger partial charge in [0.1, 0.15) is 0 Å². The van der Waals surface area contributed by atoms with E-state index in [9.17, 15) is 5.11 Å². The predicted molar refractivity (Wildman–Crippen MR) is 58.3 cm³/mol. The summed E-state index contributed by atoms with van der Waals surface area (Å²) in [5.74, 6) is 0. The van der Waals surface area contributed by atoms with E-state index in [-0.39, 0.29) is 5.60 Å². The second kappa shape index (κ2) is 4.63. The van der Waals surface area contributed by atoms with E-state index in [0.717, 1.165) is 19.4 Å². The molecule has 0 aromatic carbocycles. The predicted octanol–water partition coefficient (Wildman–Crippen LogP) is 2.21. The molecule has 0 spiro atoms. The van der Waals surface area contributed by atoms with E-state index in [1.165, 1.54) is 44.9 Å². The van der Waals surface area contributed by atoms with Gasteiger partial charge >= 0.3 is 0 Å². The molecule has 14 heavy (non-hydrogen) atoms. The molecular formula is C12H23NO. The fourth-order valence-electron chi connectivity index (χ4n) is 2.85. The molecule has 0 heterocycles. The highest BCUT2D eigenvalue weighted by Crippen LogP contribution is 2.29. The maximum absolute atomic E-state index is 10.2. The van der Waals surface area contributed by atoms with Crippen LogP contribution in [-0.4, -0.2) is 23.3 Å². The first-order chi connectivity index (χ1) is 6.79. The molecule has 0 aromatic rings. The summed E-state index contributed by atoms with van der Waals surface area (Å²) < 4.78 is 0. The normalized spacial score (nSPS) is 28.1. The van der Waals surface area contributed by atoms with E-state index in [1.807, 2.05) is 0 Å². The molecule has 0 aromatic heterocycles. The second-order valence-corrected chi connectivity index (χ2v) is 5.15. The van der Waals surface area contributed by atoms with E-state index < -0.39 is 0 Å². The Labute approximate surface area is 87.1 Å². The third-order valence-corrected chi connectivity index (χ3v) is 3.86. The van der Waals surface area contributed by atoms with E-state index in [1.54, 1.807) is 0 Å². The minimum atomic E-state index is -0.364. The average molecular weight is 197 g/mol. The monoisotopic (exact) mass is 197 g/mol. The Bertz CT molecular complexity index is 169. The first-order valence-corrected chi connectivity index (χ1v) is 6.24. The topological polar surface area (TPSA) is 32.3 Å². The van der Waals surface area contributed by atoms with Crippen molar-refractivity contribution in [2.24, 2.45) is 0 Å². The van der Waals surface area contributed by atoms with Crippen molar-refractivity contribution < 1.29 is 5.11 Å². The molecule has 2 saturated carbocycles. The van der Waals surface area contributed by atoms with E-state index >= 15 is 0 Å². The third kappa shape index (κ3) is 2.71. The number of nitrogens with one attached hydrogen (secondary N) is 1. The lowest BCUT2D eigenvalue weighted by Gasteiger charge is -2.28. The lowest BCUT2D eigenvalue weighted by atomic mass is 9.94. The summed E-state index contributed by atoms with van der Waals surface area (Å²) in [6.45, 7) is 0.831. The van der Waals surface area contributed by atoms with E-state index in [4.69, 9.17) is 0 Å². The van der Waals surface area contributed by atoms with Crippen LogP contribution in [0.3, 0.4) is 0 Å². The zero-order valence-corrected chi connectivity index (χ0v) is 9.10. The van der Waals surface area contributed by atoms with Crippen LogP contribution in [0.5, 0.6) is 0 Å². The first-order valence-electron chi connectivity index (χ1n) is 6.24. The summed E-state index contributed by atoms with van der Waals surface area (Å²) in [6.07, 6.45) is 11.2. The highest BCUT2D eigenvalue weighted by molar-refractivity contribution is 4.87. The van der Waals surface area contributed by atoms with Crippen molar-refractivity contribution in [3.8, 4) is 0 Å². The smallest absolute Gasteiger partial charge is 0.0771 e. The molecule has 2 fully saturated rings. The van der Waals surface area contributed by atoms with E-state index in [0.29, 0.717) is 6.04 Å². The summed E-state index contributed by atoms with van der Waals surface area (Å²) in [7, 11) is 0. The van der Waals surface area contributed by atoms with Gasteiger partial charge in [0, 0.05) is 12.6 Å². The van der Waals surface area contributed by atoms with Crippen LogP contribution in [0.1, 0.15) is 57.8 Å². The Kier molecular flexibility index (Phi) is 3.45. The van der Waals surface area contributed by atoms with Gasteiger partial charge in [0.2, 0.25) is 0 Å². The zero-order valence-electron chi connectivity index (χ0n) is 9.10. The lowest BCUT2D eigenvalue weighted by Crippen LogP contribution is -2.43. The molecule has 0 amide bonds. The summed E-state index contributed by atoms with van der Waals surface area (Å²) in [6, 6.07) is 0.688. The van der Waals surface area contributed by atoms with Crippen molar-refractivity contribution in [3.05, 3.63) is 0 Å². The average Bonchev–Trinajstić information content (AvgIpc) is 2.65. The Balaban J connectivity index is 1.70. The molecule has 0 unspecified atom stereocenters. The maximum atomic E-state index is 10.2. The molecule has 2 aliphatic rings. The molecule has 0 bridgehead atoms. The van der Waals surface area contributed by atoms with Gasteiger partial charge in [-0.25, -0.2) is 0 Å². The number of hydrogen-bond acceptors (Lipinski definition) is 2. The van der Waals surface area contributed by atoms with E-state index in [2.05, 4.69) is 5.32 Å². The van der Waals surface area contributed by atoms with Gasteiger partial charge < -0.3 is 10.4 Å². The molecule has 0 atom stereocenters. The van der Waals surface area contributed by atoms with Crippen molar-refractivity contribution in [2.45, 2.75) is 69.4 Å². The molecule has 82 valence electrons. The van der Waals surface area contributed by atoms with Crippen molar-refractivity contribution in [1.29, 1.82) is 0 Å². The van der Waals surface area contributed by atoms with Crippen molar-refractivity contribution in [2.75, 3.05) is 6.54 Å².